The second-order valence-corrected chi connectivity index (χ2v) is 4.33. The van der Waals surface area contributed by atoms with Crippen molar-refractivity contribution < 1.29 is 0 Å². The van der Waals surface area contributed by atoms with Crippen LogP contribution in [0.4, 0.5) is 5.69 Å². The van der Waals surface area contributed by atoms with Crippen LogP contribution in [0.25, 0.3) is 0 Å². The molecule has 0 atom stereocenters. The van der Waals surface area contributed by atoms with Crippen LogP contribution in [-0.4, -0.2) is 44.2 Å². The van der Waals surface area contributed by atoms with Gasteiger partial charge in [0.15, 0.2) is 0 Å². The molecule has 1 aromatic rings. The van der Waals surface area contributed by atoms with Gasteiger partial charge in [-0.15, -0.1) is 0 Å². The Morgan fingerprint density at radius 3 is 2.75 bits per heavy atom. The van der Waals surface area contributed by atoms with E-state index in [1.165, 1.54) is 24.3 Å². The van der Waals surface area contributed by atoms with E-state index in [2.05, 4.69) is 46.7 Å². The third-order valence-corrected chi connectivity index (χ3v) is 3.10. The van der Waals surface area contributed by atoms with Crippen molar-refractivity contribution in [3.8, 4) is 0 Å². The molecule has 88 valence electrons. The zero-order valence-electron chi connectivity index (χ0n) is 10.00. The first-order chi connectivity index (χ1) is 7.86. The molecule has 2 N–H and O–H groups in total. The van der Waals surface area contributed by atoms with Crippen molar-refractivity contribution in [2.45, 2.75) is 6.92 Å². The summed E-state index contributed by atoms with van der Waals surface area (Å²) in [7, 11) is 0. The third kappa shape index (κ3) is 3.22. The Bertz CT molecular complexity index is 319. The second kappa shape index (κ2) is 5.87. The monoisotopic (exact) mass is 219 g/mol. The summed E-state index contributed by atoms with van der Waals surface area (Å²) < 4.78 is 0. The fourth-order valence-corrected chi connectivity index (χ4v) is 2.05. The minimum Gasteiger partial charge on any atom is -0.384 e. The lowest BCUT2D eigenvalue weighted by Crippen LogP contribution is -2.45. The second-order valence-electron chi connectivity index (χ2n) is 4.33. The number of hydrogen-bond donors (Lipinski definition) is 2. The number of hydrogen-bond acceptors (Lipinski definition) is 3. The van der Waals surface area contributed by atoms with Crippen LogP contribution < -0.4 is 10.6 Å². The van der Waals surface area contributed by atoms with Gasteiger partial charge in [-0.1, -0.05) is 18.2 Å². The molecule has 3 nitrogen and oxygen atoms in total. The van der Waals surface area contributed by atoms with Crippen LogP contribution in [0.1, 0.15) is 5.56 Å². The quantitative estimate of drug-likeness (QED) is 0.799. The number of anilines is 1. The summed E-state index contributed by atoms with van der Waals surface area (Å²) in [6.07, 6.45) is 0. The van der Waals surface area contributed by atoms with E-state index in [0.29, 0.717) is 0 Å². The molecule has 0 radical (unpaired) electrons. The number of nitrogens with one attached hydrogen (secondary N) is 2. The Labute approximate surface area is 97.8 Å². The van der Waals surface area contributed by atoms with Crippen molar-refractivity contribution in [3.05, 3.63) is 29.8 Å². The Morgan fingerprint density at radius 1 is 1.25 bits per heavy atom. The number of rotatable bonds is 4. The minimum absolute atomic E-state index is 1.03. The maximum atomic E-state index is 3.50. The molecule has 0 aliphatic carbocycles. The molecule has 1 heterocycles. The molecule has 0 amide bonds. The zero-order valence-corrected chi connectivity index (χ0v) is 10.00. The zero-order chi connectivity index (χ0) is 11.2. The standard InChI is InChI=1S/C13H21N3/c1-12-4-2-3-5-13(12)15-8-11-16-9-6-14-7-10-16/h2-5,14-15H,6-11H2,1H3. The predicted molar refractivity (Wildman–Crippen MR) is 69.0 cm³/mol. The largest absolute Gasteiger partial charge is 0.384 e. The summed E-state index contributed by atoms with van der Waals surface area (Å²) in [6, 6.07) is 8.46. The highest BCUT2D eigenvalue weighted by atomic mass is 15.2. The lowest BCUT2D eigenvalue weighted by atomic mass is 10.2. The van der Waals surface area contributed by atoms with Crippen molar-refractivity contribution in [1.82, 2.24) is 10.2 Å². The van der Waals surface area contributed by atoms with E-state index in [-0.39, 0.29) is 0 Å². The van der Waals surface area contributed by atoms with Crippen LogP contribution in [0.5, 0.6) is 0 Å². The third-order valence-electron chi connectivity index (χ3n) is 3.10. The van der Waals surface area contributed by atoms with Crippen LogP contribution >= 0.6 is 0 Å². The van der Waals surface area contributed by atoms with Gasteiger partial charge in [0, 0.05) is 45.0 Å². The number of aryl methyl sites for hydroxylation is 1. The predicted octanol–water partition coefficient (Wildman–Crippen LogP) is 1.31. The SMILES string of the molecule is Cc1ccccc1NCCN1CCNCC1. The minimum atomic E-state index is 1.03. The molecule has 0 spiro atoms. The first-order valence-corrected chi connectivity index (χ1v) is 6.09. The van der Waals surface area contributed by atoms with Gasteiger partial charge in [-0.3, -0.25) is 4.90 Å². The summed E-state index contributed by atoms with van der Waals surface area (Å²) in [5, 5.41) is 6.87. The summed E-state index contributed by atoms with van der Waals surface area (Å²) in [5.41, 5.74) is 2.58. The van der Waals surface area contributed by atoms with Crippen LogP contribution in [0, 0.1) is 6.92 Å². The van der Waals surface area contributed by atoms with Crippen molar-refractivity contribution in [2.75, 3.05) is 44.6 Å². The van der Waals surface area contributed by atoms with Gasteiger partial charge >= 0.3 is 0 Å². The molecule has 1 saturated heterocycles. The fourth-order valence-electron chi connectivity index (χ4n) is 2.05. The number of piperazine rings is 1. The highest BCUT2D eigenvalue weighted by molar-refractivity contribution is 5.50. The first-order valence-electron chi connectivity index (χ1n) is 6.09. The lowest BCUT2D eigenvalue weighted by molar-refractivity contribution is 0.249. The number of para-hydroxylation sites is 1. The average molecular weight is 219 g/mol. The van der Waals surface area contributed by atoms with Gasteiger partial charge in [-0.25, -0.2) is 0 Å². The number of nitrogens with zero attached hydrogens (tertiary/aromatic N) is 1. The van der Waals surface area contributed by atoms with E-state index in [0.717, 1.165) is 26.2 Å². The lowest BCUT2D eigenvalue weighted by Gasteiger charge is -2.27. The molecule has 16 heavy (non-hydrogen) atoms. The van der Waals surface area contributed by atoms with E-state index < -0.39 is 0 Å². The van der Waals surface area contributed by atoms with E-state index in [4.69, 9.17) is 0 Å². The van der Waals surface area contributed by atoms with Gasteiger partial charge in [0.1, 0.15) is 0 Å². The molecule has 1 fully saturated rings. The van der Waals surface area contributed by atoms with Crippen LogP contribution in [-0.2, 0) is 0 Å². The summed E-state index contributed by atoms with van der Waals surface area (Å²) >= 11 is 0. The van der Waals surface area contributed by atoms with Crippen molar-refractivity contribution in [1.29, 1.82) is 0 Å². The van der Waals surface area contributed by atoms with Crippen molar-refractivity contribution in [2.24, 2.45) is 0 Å². The summed E-state index contributed by atoms with van der Waals surface area (Å²) in [5.74, 6) is 0. The maximum absolute atomic E-state index is 3.50. The summed E-state index contributed by atoms with van der Waals surface area (Å²) in [4.78, 5) is 2.50. The van der Waals surface area contributed by atoms with Gasteiger partial charge < -0.3 is 10.6 Å². The normalized spacial score (nSPS) is 17.3. The van der Waals surface area contributed by atoms with Gasteiger partial charge in [0.25, 0.3) is 0 Å². The molecule has 2 rings (SSSR count). The van der Waals surface area contributed by atoms with E-state index >= 15 is 0 Å². The molecule has 0 aromatic heterocycles. The van der Waals surface area contributed by atoms with Gasteiger partial charge in [0.05, 0.1) is 0 Å². The van der Waals surface area contributed by atoms with Crippen LogP contribution in [0.3, 0.4) is 0 Å². The van der Waals surface area contributed by atoms with Gasteiger partial charge in [-0.2, -0.15) is 0 Å². The molecule has 3 heteroatoms. The molecular weight excluding hydrogens is 198 g/mol. The molecule has 1 aliphatic heterocycles. The first kappa shape index (κ1) is 11.4. The molecule has 1 aliphatic rings. The molecule has 0 saturated carbocycles. The average Bonchev–Trinajstić information content (AvgIpc) is 2.33. The Balaban J connectivity index is 1.73. The van der Waals surface area contributed by atoms with Crippen LogP contribution in [0.2, 0.25) is 0 Å². The van der Waals surface area contributed by atoms with E-state index in [1.54, 1.807) is 0 Å². The van der Waals surface area contributed by atoms with Crippen LogP contribution in [0.15, 0.2) is 24.3 Å². The molecule has 0 bridgehead atoms. The smallest absolute Gasteiger partial charge is 0.0370 e. The summed E-state index contributed by atoms with van der Waals surface area (Å²) in [6.45, 7) is 8.92. The highest BCUT2D eigenvalue weighted by Gasteiger charge is 2.08. The number of benzene rings is 1. The van der Waals surface area contributed by atoms with E-state index in [9.17, 15) is 0 Å². The Hall–Kier alpha value is -1.06. The fraction of sp³-hybridized carbons (Fsp3) is 0.538. The van der Waals surface area contributed by atoms with E-state index in [1.807, 2.05) is 0 Å². The molecule has 1 aromatic carbocycles. The maximum Gasteiger partial charge on any atom is 0.0370 e. The van der Waals surface area contributed by atoms with Gasteiger partial charge in [-0.05, 0) is 18.6 Å². The highest BCUT2D eigenvalue weighted by Crippen LogP contribution is 2.12. The Morgan fingerprint density at radius 2 is 2.00 bits per heavy atom. The molecule has 0 unspecified atom stereocenters. The van der Waals surface area contributed by atoms with Gasteiger partial charge in [0.2, 0.25) is 0 Å². The molecular formula is C13H21N3. The Kier molecular flexibility index (Phi) is 4.19. The van der Waals surface area contributed by atoms with Crippen molar-refractivity contribution >= 4 is 5.69 Å². The van der Waals surface area contributed by atoms with Crippen molar-refractivity contribution in [3.63, 3.8) is 0 Å². The topological polar surface area (TPSA) is 27.3 Å².